The first-order chi connectivity index (χ1) is 27.0. The van der Waals surface area contributed by atoms with Crippen LogP contribution >= 0.6 is 7.82 Å². The summed E-state index contributed by atoms with van der Waals surface area (Å²) < 4.78 is 33.8. The molecule has 0 N–H and O–H groups in total. The summed E-state index contributed by atoms with van der Waals surface area (Å²) in [4.78, 5) is 37.5. The standard InChI is InChI=1S/C46H76NO8P/c1-6-8-10-12-14-16-18-20-22-23-25-27-29-31-33-35-37-39-46(49)55-44(43-54-56(50,51)53-41-40-47(3,4)5)42-52-45(48)38-36-34-32-30-28-26-24-21-19-17-15-13-11-9-7-2/h8-11,14-17,20-22,24-25,27-28,30,44H,6-7,12-13,18-19,23,26,29,31-43H2,1-5H3/b10-8-,11-9-,16-14-,17-15-,22-20-,24-21-,27-25-,30-28-. The molecule has 0 saturated heterocycles. The van der Waals surface area contributed by atoms with Crippen molar-refractivity contribution in [3.63, 3.8) is 0 Å². The second-order valence-electron chi connectivity index (χ2n) is 14.6. The van der Waals surface area contributed by atoms with Crippen LogP contribution in [-0.2, 0) is 32.7 Å². The Morgan fingerprint density at radius 2 is 0.964 bits per heavy atom. The molecule has 10 heteroatoms. The third kappa shape index (κ3) is 40.6. The maximum absolute atomic E-state index is 12.7. The number of phosphoric ester groups is 1. The number of ether oxygens (including phenoxy) is 2. The lowest BCUT2D eigenvalue weighted by atomic mass is 10.1. The molecule has 9 nitrogen and oxygen atoms in total. The molecule has 0 aliphatic rings. The van der Waals surface area contributed by atoms with Gasteiger partial charge in [0.2, 0.25) is 0 Å². The Hall–Kier alpha value is -3.07. The molecule has 318 valence electrons. The Kier molecular flexibility index (Phi) is 35.4. The van der Waals surface area contributed by atoms with E-state index in [0.29, 0.717) is 23.9 Å². The van der Waals surface area contributed by atoms with E-state index >= 15 is 0 Å². The van der Waals surface area contributed by atoms with Crippen LogP contribution in [0.1, 0.15) is 129 Å². The summed E-state index contributed by atoms with van der Waals surface area (Å²) in [6.07, 6.45) is 48.7. The second kappa shape index (κ2) is 37.5. The highest BCUT2D eigenvalue weighted by atomic mass is 31.2. The number of quaternary nitrogens is 1. The minimum absolute atomic E-state index is 0.0487. The van der Waals surface area contributed by atoms with Crippen LogP contribution in [0.2, 0.25) is 0 Å². The summed E-state index contributed by atoms with van der Waals surface area (Å²) in [5.74, 6) is -0.924. The van der Waals surface area contributed by atoms with Crippen molar-refractivity contribution in [1.82, 2.24) is 0 Å². The molecule has 0 aliphatic heterocycles. The van der Waals surface area contributed by atoms with Gasteiger partial charge >= 0.3 is 11.9 Å². The zero-order valence-corrected chi connectivity index (χ0v) is 36.4. The zero-order chi connectivity index (χ0) is 41.4. The second-order valence-corrected chi connectivity index (χ2v) is 16.0. The first-order valence-corrected chi connectivity index (χ1v) is 22.4. The Balaban J connectivity index is 4.53. The van der Waals surface area contributed by atoms with Crippen LogP contribution in [-0.4, -0.2) is 70.0 Å². The van der Waals surface area contributed by atoms with Crippen LogP contribution in [0.15, 0.2) is 97.2 Å². The van der Waals surface area contributed by atoms with Crippen molar-refractivity contribution in [2.75, 3.05) is 47.5 Å². The first-order valence-electron chi connectivity index (χ1n) is 20.9. The van der Waals surface area contributed by atoms with Crippen molar-refractivity contribution < 1.29 is 42.1 Å². The van der Waals surface area contributed by atoms with Crippen LogP contribution in [0.5, 0.6) is 0 Å². The van der Waals surface area contributed by atoms with Gasteiger partial charge in [-0.05, 0) is 89.9 Å². The van der Waals surface area contributed by atoms with E-state index in [2.05, 4.69) is 111 Å². The van der Waals surface area contributed by atoms with Gasteiger partial charge in [-0.1, -0.05) is 124 Å². The quantitative estimate of drug-likeness (QED) is 0.0202. The third-order valence-corrected chi connectivity index (χ3v) is 9.06. The summed E-state index contributed by atoms with van der Waals surface area (Å²) >= 11 is 0. The van der Waals surface area contributed by atoms with E-state index < -0.39 is 32.5 Å². The Morgan fingerprint density at radius 1 is 0.554 bits per heavy atom. The third-order valence-electron chi connectivity index (χ3n) is 8.10. The van der Waals surface area contributed by atoms with E-state index in [0.717, 1.165) is 89.9 Å². The highest BCUT2D eigenvalue weighted by Crippen LogP contribution is 2.38. The van der Waals surface area contributed by atoms with Gasteiger partial charge in [-0.2, -0.15) is 0 Å². The molecule has 0 aromatic carbocycles. The van der Waals surface area contributed by atoms with Crippen molar-refractivity contribution in [2.24, 2.45) is 0 Å². The average molecular weight is 802 g/mol. The molecule has 0 aromatic rings. The van der Waals surface area contributed by atoms with E-state index in [1.165, 1.54) is 0 Å². The topological polar surface area (TPSA) is 111 Å². The smallest absolute Gasteiger partial charge is 0.306 e. The lowest BCUT2D eigenvalue weighted by Crippen LogP contribution is -2.37. The molecular weight excluding hydrogens is 725 g/mol. The van der Waals surface area contributed by atoms with E-state index in [9.17, 15) is 19.0 Å². The van der Waals surface area contributed by atoms with Gasteiger partial charge in [0.05, 0.1) is 27.7 Å². The number of allylic oxidation sites excluding steroid dienone is 16. The largest absolute Gasteiger partial charge is 0.756 e. The molecule has 0 saturated carbocycles. The van der Waals surface area contributed by atoms with E-state index in [4.69, 9.17) is 18.5 Å². The molecule has 0 aliphatic carbocycles. The van der Waals surface area contributed by atoms with Gasteiger partial charge < -0.3 is 27.9 Å². The Labute approximate surface area is 341 Å². The molecule has 0 radical (unpaired) electrons. The van der Waals surface area contributed by atoms with Gasteiger partial charge in [0.25, 0.3) is 7.82 Å². The molecule has 0 spiro atoms. The van der Waals surface area contributed by atoms with Crippen molar-refractivity contribution in [3.05, 3.63) is 97.2 Å². The molecule has 2 unspecified atom stereocenters. The first kappa shape index (κ1) is 52.9. The van der Waals surface area contributed by atoms with Crippen molar-refractivity contribution in [2.45, 2.75) is 136 Å². The number of nitrogens with zero attached hydrogens (tertiary/aromatic N) is 1. The van der Waals surface area contributed by atoms with Gasteiger partial charge in [0.1, 0.15) is 19.8 Å². The molecule has 0 aromatic heterocycles. The predicted molar refractivity (Wildman–Crippen MR) is 231 cm³/mol. The molecule has 0 rings (SSSR count). The maximum Gasteiger partial charge on any atom is 0.306 e. The summed E-state index contributed by atoms with van der Waals surface area (Å²) in [5, 5.41) is 0. The molecule has 0 amide bonds. The summed E-state index contributed by atoms with van der Waals surface area (Å²) in [7, 11) is 1.10. The van der Waals surface area contributed by atoms with Gasteiger partial charge in [-0.25, -0.2) is 0 Å². The molecule has 0 fully saturated rings. The SMILES string of the molecule is CC/C=C\C/C=C\C/C=C\C/C=C\CCCCCCC(=O)OC(COC(=O)CCCC/C=C\C/C=C\C/C=C\C/C=C\CC)COP(=O)([O-])OCC[N+](C)(C)C. The average Bonchev–Trinajstić information content (AvgIpc) is 3.15. The Morgan fingerprint density at radius 3 is 1.45 bits per heavy atom. The van der Waals surface area contributed by atoms with Gasteiger partial charge in [0, 0.05) is 12.8 Å². The number of carbonyl (C=O) groups is 2. The van der Waals surface area contributed by atoms with Crippen molar-refractivity contribution in [1.29, 1.82) is 0 Å². The van der Waals surface area contributed by atoms with Gasteiger partial charge in [-0.15, -0.1) is 0 Å². The summed E-state index contributed by atoms with van der Waals surface area (Å²) in [6.45, 7) is 3.88. The maximum atomic E-state index is 12.7. The number of rotatable bonds is 36. The minimum atomic E-state index is -4.65. The van der Waals surface area contributed by atoms with Crippen LogP contribution in [0.4, 0.5) is 0 Å². The van der Waals surface area contributed by atoms with Crippen LogP contribution in [0.25, 0.3) is 0 Å². The van der Waals surface area contributed by atoms with Crippen LogP contribution in [0, 0.1) is 0 Å². The number of hydrogen-bond donors (Lipinski definition) is 0. The minimum Gasteiger partial charge on any atom is -0.756 e. The fourth-order valence-corrected chi connectivity index (χ4v) is 5.60. The van der Waals surface area contributed by atoms with Crippen molar-refractivity contribution >= 4 is 19.8 Å². The van der Waals surface area contributed by atoms with Crippen LogP contribution in [0.3, 0.4) is 0 Å². The zero-order valence-electron chi connectivity index (χ0n) is 35.5. The number of esters is 2. The Bertz CT molecular complexity index is 1270. The number of phosphoric acid groups is 1. The molecule has 56 heavy (non-hydrogen) atoms. The number of hydrogen-bond acceptors (Lipinski definition) is 8. The lowest BCUT2D eigenvalue weighted by Gasteiger charge is -2.28. The molecule has 0 bridgehead atoms. The van der Waals surface area contributed by atoms with Crippen molar-refractivity contribution in [3.8, 4) is 0 Å². The molecular formula is C46H76NO8P. The van der Waals surface area contributed by atoms with E-state index in [1.807, 2.05) is 21.1 Å². The lowest BCUT2D eigenvalue weighted by molar-refractivity contribution is -0.870. The molecule has 2 atom stereocenters. The van der Waals surface area contributed by atoms with Gasteiger partial charge in [-0.3, -0.25) is 14.2 Å². The van der Waals surface area contributed by atoms with Crippen LogP contribution < -0.4 is 4.89 Å². The van der Waals surface area contributed by atoms with E-state index in [-0.39, 0.29) is 26.1 Å². The van der Waals surface area contributed by atoms with Gasteiger partial charge in [0.15, 0.2) is 6.10 Å². The fraction of sp³-hybridized carbons (Fsp3) is 0.609. The highest BCUT2D eigenvalue weighted by molar-refractivity contribution is 7.45. The number of carbonyl (C=O) groups excluding carboxylic acids is 2. The normalized spacial score (nSPS) is 14.6. The number of likely N-dealkylation sites (N-methyl/N-ethyl adjacent to an activating group) is 1. The predicted octanol–water partition coefficient (Wildman–Crippen LogP) is 11.2. The monoisotopic (exact) mass is 802 g/mol. The number of unbranched alkanes of at least 4 members (excludes halogenated alkanes) is 6. The van der Waals surface area contributed by atoms with E-state index in [1.54, 1.807) is 0 Å². The fourth-order valence-electron chi connectivity index (χ4n) is 4.87. The summed E-state index contributed by atoms with van der Waals surface area (Å²) in [5.41, 5.74) is 0. The highest BCUT2D eigenvalue weighted by Gasteiger charge is 2.21. The summed E-state index contributed by atoms with van der Waals surface area (Å²) in [6, 6.07) is 0. The molecule has 0 heterocycles.